The molecule has 2 aliphatic rings. The van der Waals surface area contributed by atoms with Gasteiger partial charge in [-0.05, 0) is 30.5 Å². The molecule has 0 bridgehead atoms. The molecule has 0 spiro atoms. The van der Waals surface area contributed by atoms with E-state index in [-0.39, 0.29) is 17.8 Å². The molecule has 1 aromatic rings. The maximum Gasteiger partial charge on any atom is 0.236 e. The standard InChI is InChI=1S/C18H26FN3O/c19-16-7-5-6-15(12-16)17-13-20-8-11-22(17)14-18(23)21-9-3-1-2-4-10-21/h5-7,12,17,20H,1-4,8-11,13-14H2. The van der Waals surface area contributed by atoms with Gasteiger partial charge in [0.25, 0.3) is 0 Å². The Hall–Kier alpha value is -1.46. The fourth-order valence-corrected chi connectivity index (χ4v) is 3.57. The van der Waals surface area contributed by atoms with Crippen molar-refractivity contribution in [1.29, 1.82) is 0 Å². The number of amides is 1. The highest BCUT2D eigenvalue weighted by molar-refractivity contribution is 5.78. The van der Waals surface area contributed by atoms with Crippen LogP contribution in [-0.4, -0.2) is 55.0 Å². The summed E-state index contributed by atoms with van der Waals surface area (Å²) >= 11 is 0. The quantitative estimate of drug-likeness (QED) is 0.927. The van der Waals surface area contributed by atoms with Crippen LogP contribution in [0, 0.1) is 5.82 Å². The van der Waals surface area contributed by atoms with Gasteiger partial charge < -0.3 is 10.2 Å². The third-order valence-electron chi connectivity index (χ3n) is 4.88. The Kier molecular flexibility index (Phi) is 5.62. The zero-order valence-corrected chi connectivity index (χ0v) is 13.6. The first-order valence-corrected chi connectivity index (χ1v) is 8.72. The molecule has 1 aromatic carbocycles. The second-order valence-electron chi connectivity index (χ2n) is 6.54. The van der Waals surface area contributed by atoms with Gasteiger partial charge >= 0.3 is 0 Å². The second-order valence-corrected chi connectivity index (χ2v) is 6.54. The minimum atomic E-state index is -0.216. The Bertz CT molecular complexity index is 529. The van der Waals surface area contributed by atoms with Crippen LogP contribution >= 0.6 is 0 Å². The van der Waals surface area contributed by atoms with Crippen LogP contribution in [0.1, 0.15) is 37.3 Å². The third kappa shape index (κ3) is 4.30. The minimum Gasteiger partial charge on any atom is -0.342 e. The lowest BCUT2D eigenvalue weighted by Gasteiger charge is -2.37. The van der Waals surface area contributed by atoms with E-state index >= 15 is 0 Å². The van der Waals surface area contributed by atoms with E-state index < -0.39 is 0 Å². The largest absolute Gasteiger partial charge is 0.342 e. The van der Waals surface area contributed by atoms with Gasteiger partial charge in [0.05, 0.1) is 6.54 Å². The Balaban J connectivity index is 1.67. The topological polar surface area (TPSA) is 35.6 Å². The molecule has 1 atom stereocenters. The highest BCUT2D eigenvalue weighted by Gasteiger charge is 2.27. The first-order valence-electron chi connectivity index (χ1n) is 8.72. The number of rotatable bonds is 3. The van der Waals surface area contributed by atoms with Crippen molar-refractivity contribution in [3.63, 3.8) is 0 Å². The van der Waals surface area contributed by atoms with Crippen LogP contribution < -0.4 is 5.32 Å². The smallest absolute Gasteiger partial charge is 0.236 e. The summed E-state index contributed by atoms with van der Waals surface area (Å²) in [6, 6.07) is 6.81. The van der Waals surface area contributed by atoms with E-state index in [1.807, 2.05) is 11.0 Å². The molecule has 0 saturated carbocycles. The van der Waals surface area contributed by atoms with Gasteiger partial charge in [0.1, 0.15) is 5.82 Å². The van der Waals surface area contributed by atoms with Gasteiger partial charge in [-0.15, -0.1) is 0 Å². The molecule has 2 fully saturated rings. The van der Waals surface area contributed by atoms with Crippen molar-refractivity contribution in [3.05, 3.63) is 35.6 Å². The highest BCUT2D eigenvalue weighted by Crippen LogP contribution is 2.23. The summed E-state index contributed by atoms with van der Waals surface area (Å²) < 4.78 is 13.5. The molecule has 1 unspecified atom stereocenters. The minimum absolute atomic E-state index is 0.0652. The molecule has 3 rings (SSSR count). The van der Waals surface area contributed by atoms with Crippen LogP contribution in [0.3, 0.4) is 0 Å². The Morgan fingerprint density at radius 1 is 1.17 bits per heavy atom. The number of piperazine rings is 1. The van der Waals surface area contributed by atoms with Crippen molar-refractivity contribution in [1.82, 2.24) is 15.1 Å². The molecule has 2 aliphatic heterocycles. The lowest BCUT2D eigenvalue weighted by atomic mass is 10.0. The molecular formula is C18H26FN3O. The number of hydrogen-bond donors (Lipinski definition) is 1. The average Bonchev–Trinajstić information content (AvgIpc) is 2.85. The van der Waals surface area contributed by atoms with Crippen molar-refractivity contribution >= 4 is 5.91 Å². The Morgan fingerprint density at radius 2 is 1.96 bits per heavy atom. The molecule has 0 aromatic heterocycles. The predicted molar refractivity (Wildman–Crippen MR) is 88.6 cm³/mol. The van der Waals surface area contributed by atoms with E-state index in [9.17, 15) is 9.18 Å². The van der Waals surface area contributed by atoms with Crippen LogP contribution in [0.25, 0.3) is 0 Å². The maximum atomic E-state index is 13.5. The lowest BCUT2D eigenvalue weighted by Crippen LogP contribution is -2.50. The zero-order chi connectivity index (χ0) is 16.1. The second kappa shape index (κ2) is 7.88. The van der Waals surface area contributed by atoms with E-state index in [2.05, 4.69) is 10.2 Å². The summed E-state index contributed by atoms with van der Waals surface area (Å²) in [5.74, 6) is 0.00192. The average molecular weight is 319 g/mol. The monoisotopic (exact) mass is 319 g/mol. The number of halogens is 1. The van der Waals surface area contributed by atoms with Crippen molar-refractivity contribution in [2.45, 2.75) is 31.7 Å². The normalized spacial score (nSPS) is 23.5. The molecule has 5 heteroatoms. The molecule has 23 heavy (non-hydrogen) atoms. The number of likely N-dealkylation sites (tertiary alicyclic amines) is 1. The SMILES string of the molecule is O=C(CN1CCNCC1c1cccc(F)c1)N1CCCCCC1. The number of nitrogens with one attached hydrogen (secondary N) is 1. The summed E-state index contributed by atoms with van der Waals surface area (Å²) in [6.07, 6.45) is 4.67. The van der Waals surface area contributed by atoms with Gasteiger partial charge in [0, 0.05) is 38.8 Å². The third-order valence-corrected chi connectivity index (χ3v) is 4.88. The molecular weight excluding hydrogens is 293 g/mol. The van der Waals surface area contributed by atoms with Crippen LogP contribution in [0.2, 0.25) is 0 Å². The lowest BCUT2D eigenvalue weighted by molar-refractivity contribution is -0.133. The number of hydrogen-bond acceptors (Lipinski definition) is 3. The molecule has 0 aliphatic carbocycles. The van der Waals surface area contributed by atoms with Crippen LogP contribution in [0.15, 0.2) is 24.3 Å². The molecule has 126 valence electrons. The Labute approximate surface area is 137 Å². The zero-order valence-electron chi connectivity index (χ0n) is 13.6. The van der Waals surface area contributed by atoms with Crippen molar-refractivity contribution in [3.8, 4) is 0 Å². The summed E-state index contributed by atoms with van der Waals surface area (Å²) in [5.41, 5.74) is 0.945. The van der Waals surface area contributed by atoms with Gasteiger partial charge in [0.15, 0.2) is 0 Å². The van der Waals surface area contributed by atoms with Gasteiger partial charge in [-0.3, -0.25) is 9.69 Å². The maximum absolute atomic E-state index is 13.5. The van der Waals surface area contributed by atoms with E-state index in [0.29, 0.717) is 6.54 Å². The number of carbonyl (C=O) groups is 1. The highest BCUT2D eigenvalue weighted by atomic mass is 19.1. The summed E-state index contributed by atoms with van der Waals surface area (Å²) in [4.78, 5) is 16.9. The van der Waals surface area contributed by atoms with Gasteiger partial charge in [-0.2, -0.15) is 0 Å². The van der Waals surface area contributed by atoms with E-state index in [0.717, 1.165) is 51.1 Å². The van der Waals surface area contributed by atoms with Crippen molar-refractivity contribution in [2.24, 2.45) is 0 Å². The molecule has 1 amide bonds. The molecule has 2 heterocycles. The predicted octanol–water partition coefficient (Wildman–Crippen LogP) is 2.17. The fourth-order valence-electron chi connectivity index (χ4n) is 3.57. The summed E-state index contributed by atoms with van der Waals surface area (Å²) in [7, 11) is 0. The van der Waals surface area contributed by atoms with Gasteiger partial charge in [-0.25, -0.2) is 4.39 Å². The summed E-state index contributed by atoms with van der Waals surface area (Å²) in [6.45, 7) is 4.66. The Morgan fingerprint density at radius 3 is 2.70 bits per heavy atom. The van der Waals surface area contributed by atoms with E-state index in [1.165, 1.54) is 18.9 Å². The molecule has 1 N–H and O–H groups in total. The first kappa shape index (κ1) is 16.4. The van der Waals surface area contributed by atoms with Crippen molar-refractivity contribution in [2.75, 3.05) is 39.3 Å². The van der Waals surface area contributed by atoms with Crippen molar-refractivity contribution < 1.29 is 9.18 Å². The fraction of sp³-hybridized carbons (Fsp3) is 0.611. The number of carbonyl (C=O) groups excluding carboxylic acids is 1. The van der Waals surface area contributed by atoms with Crippen LogP contribution in [0.4, 0.5) is 4.39 Å². The number of benzene rings is 1. The number of nitrogens with zero attached hydrogens (tertiary/aromatic N) is 2. The van der Waals surface area contributed by atoms with Gasteiger partial charge in [-0.1, -0.05) is 25.0 Å². The van der Waals surface area contributed by atoms with Crippen LogP contribution in [0.5, 0.6) is 0 Å². The molecule has 0 radical (unpaired) electrons. The van der Waals surface area contributed by atoms with Crippen LogP contribution in [-0.2, 0) is 4.79 Å². The van der Waals surface area contributed by atoms with E-state index in [1.54, 1.807) is 12.1 Å². The molecule has 2 saturated heterocycles. The van der Waals surface area contributed by atoms with E-state index in [4.69, 9.17) is 0 Å². The first-order chi connectivity index (χ1) is 11.2. The summed E-state index contributed by atoms with van der Waals surface area (Å²) in [5, 5.41) is 3.36. The molecule has 4 nitrogen and oxygen atoms in total. The van der Waals surface area contributed by atoms with Gasteiger partial charge in [0.2, 0.25) is 5.91 Å².